The van der Waals surface area contributed by atoms with Gasteiger partial charge in [-0.1, -0.05) is 0 Å². The molecule has 28 heavy (non-hydrogen) atoms. The molecular formula is C21H23N3O4. The second kappa shape index (κ2) is 9.36. The standard InChI is InChI=1S/C21H23N3O4/c1-14(13-19(25)22-16-9-11-18(12-10-16)24(2)3)20(26)23-17-7-5-15(6-8-17)21(27)28-4/h5-13H,1-4H3,(H,22,25)(H,23,26)/b14-13+. The average molecular weight is 381 g/mol. The Morgan fingerprint density at radius 2 is 1.43 bits per heavy atom. The number of benzene rings is 2. The summed E-state index contributed by atoms with van der Waals surface area (Å²) < 4.78 is 4.62. The Morgan fingerprint density at radius 1 is 0.893 bits per heavy atom. The number of ether oxygens (including phenoxy) is 1. The van der Waals surface area contributed by atoms with Crippen molar-refractivity contribution in [3.63, 3.8) is 0 Å². The third-order valence-electron chi connectivity index (χ3n) is 3.92. The molecule has 0 atom stereocenters. The number of nitrogens with one attached hydrogen (secondary N) is 2. The monoisotopic (exact) mass is 381 g/mol. The first-order valence-electron chi connectivity index (χ1n) is 8.56. The number of carbonyl (C=O) groups is 3. The van der Waals surface area contributed by atoms with Gasteiger partial charge in [0.15, 0.2) is 0 Å². The summed E-state index contributed by atoms with van der Waals surface area (Å²) in [6.07, 6.45) is 1.23. The van der Waals surface area contributed by atoms with Crippen LogP contribution in [-0.4, -0.2) is 39.0 Å². The molecule has 2 amide bonds. The Bertz CT molecular complexity index is 885. The van der Waals surface area contributed by atoms with Gasteiger partial charge in [0.05, 0.1) is 12.7 Å². The predicted octanol–water partition coefficient (Wildman–Crippen LogP) is 3.06. The third kappa shape index (κ3) is 5.70. The van der Waals surface area contributed by atoms with E-state index in [0.29, 0.717) is 16.9 Å². The lowest BCUT2D eigenvalue weighted by Gasteiger charge is -2.12. The molecule has 0 saturated heterocycles. The summed E-state index contributed by atoms with van der Waals surface area (Å²) in [5.41, 5.74) is 2.79. The summed E-state index contributed by atoms with van der Waals surface area (Å²) in [5, 5.41) is 5.39. The Balaban J connectivity index is 1.96. The van der Waals surface area contributed by atoms with Gasteiger partial charge < -0.3 is 20.3 Å². The van der Waals surface area contributed by atoms with Gasteiger partial charge in [-0.25, -0.2) is 4.79 Å². The molecule has 2 aromatic rings. The van der Waals surface area contributed by atoms with Crippen molar-refractivity contribution >= 4 is 34.8 Å². The highest BCUT2D eigenvalue weighted by molar-refractivity contribution is 6.10. The van der Waals surface area contributed by atoms with E-state index < -0.39 is 17.8 Å². The zero-order valence-corrected chi connectivity index (χ0v) is 16.3. The highest BCUT2D eigenvalue weighted by Gasteiger charge is 2.09. The molecule has 0 radical (unpaired) electrons. The molecule has 0 bridgehead atoms. The van der Waals surface area contributed by atoms with Crippen molar-refractivity contribution in [2.24, 2.45) is 0 Å². The van der Waals surface area contributed by atoms with E-state index >= 15 is 0 Å². The van der Waals surface area contributed by atoms with Crippen molar-refractivity contribution in [3.8, 4) is 0 Å². The van der Waals surface area contributed by atoms with Gasteiger partial charge in [-0.05, 0) is 55.5 Å². The van der Waals surface area contributed by atoms with E-state index in [1.165, 1.54) is 13.2 Å². The topological polar surface area (TPSA) is 87.7 Å². The van der Waals surface area contributed by atoms with E-state index in [-0.39, 0.29) is 5.57 Å². The van der Waals surface area contributed by atoms with E-state index in [4.69, 9.17) is 0 Å². The molecule has 2 N–H and O–H groups in total. The number of hydrogen-bond donors (Lipinski definition) is 2. The smallest absolute Gasteiger partial charge is 0.337 e. The molecule has 0 aliphatic heterocycles. The SMILES string of the molecule is COC(=O)c1ccc(NC(=O)/C(C)=C/C(=O)Nc2ccc(N(C)C)cc2)cc1. The number of methoxy groups -OCH3 is 1. The van der Waals surface area contributed by atoms with Crippen molar-refractivity contribution in [3.05, 3.63) is 65.7 Å². The van der Waals surface area contributed by atoms with E-state index in [1.807, 2.05) is 31.1 Å². The van der Waals surface area contributed by atoms with Crippen LogP contribution in [0.15, 0.2) is 60.2 Å². The number of carbonyl (C=O) groups excluding carboxylic acids is 3. The lowest BCUT2D eigenvalue weighted by molar-refractivity contribution is -0.114. The van der Waals surface area contributed by atoms with Gasteiger partial charge in [0, 0.05) is 42.8 Å². The first-order valence-corrected chi connectivity index (χ1v) is 8.56. The van der Waals surface area contributed by atoms with Crippen LogP contribution in [0.5, 0.6) is 0 Å². The van der Waals surface area contributed by atoms with Crippen molar-refractivity contribution in [2.45, 2.75) is 6.92 Å². The van der Waals surface area contributed by atoms with Gasteiger partial charge >= 0.3 is 5.97 Å². The van der Waals surface area contributed by atoms with Crippen LogP contribution in [-0.2, 0) is 14.3 Å². The molecule has 146 valence electrons. The predicted molar refractivity (Wildman–Crippen MR) is 110 cm³/mol. The first-order chi connectivity index (χ1) is 13.3. The summed E-state index contributed by atoms with van der Waals surface area (Å²) in [5.74, 6) is -1.26. The highest BCUT2D eigenvalue weighted by Crippen LogP contribution is 2.16. The molecule has 0 heterocycles. The third-order valence-corrected chi connectivity index (χ3v) is 3.92. The number of hydrogen-bond acceptors (Lipinski definition) is 5. The number of rotatable bonds is 6. The summed E-state index contributed by atoms with van der Waals surface area (Å²) in [6, 6.07) is 13.6. The lowest BCUT2D eigenvalue weighted by Crippen LogP contribution is -2.16. The normalized spacial score (nSPS) is 10.8. The van der Waals surface area contributed by atoms with Crippen LogP contribution in [0.3, 0.4) is 0 Å². The molecule has 0 aliphatic carbocycles. The maximum Gasteiger partial charge on any atom is 0.337 e. The Hall–Kier alpha value is -3.61. The van der Waals surface area contributed by atoms with E-state index in [0.717, 1.165) is 5.69 Å². The van der Waals surface area contributed by atoms with Crippen LogP contribution in [0.1, 0.15) is 17.3 Å². The van der Waals surface area contributed by atoms with E-state index in [2.05, 4.69) is 15.4 Å². The van der Waals surface area contributed by atoms with Crippen LogP contribution in [0.4, 0.5) is 17.1 Å². The molecule has 0 aliphatic rings. The first kappa shape index (κ1) is 20.7. The minimum atomic E-state index is -0.454. The van der Waals surface area contributed by atoms with Crippen LogP contribution in [0, 0.1) is 0 Å². The van der Waals surface area contributed by atoms with E-state index in [9.17, 15) is 14.4 Å². The van der Waals surface area contributed by atoms with Crippen LogP contribution in [0.25, 0.3) is 0 Å². The van der Waals surface area contributed by atoms with E-state index in [1.54, 1.807) is 43.3 Å². The highest BCUT2D eigenvalue weighted by atomic mass is 16.5. The Kier molecular flexibility index (Phi) is 6.92. The fourth-order valence-electron chi connectivity index (χ4n) is 2.32. The molecule has 0 unspecified atom stereocenters. The number of esters is 1. The molecule has 2 rings (SSSR count). The van der Waals surface area contributed by atoms with Crippen molar-refractivity contribution < 1.29 is 19.1 Å². The second-order valence-corrected chi connectivity index (χ2v) is 6.28. The fraction of sp³-hybridized carbons (Fsp3) is 0.190. The van der Waals surface area contributed by atoms with Crippen LogP contribution >= 0.6 is 0 Å². The van der Waals surface area contributed by atoms with Crippen LogP contribution < -0.4 is 15.5 Å². The van der Waals surface area contributed by atoms with Gasteiger partial charge in [-0.2, -0.15) is 0 Å². The second-order valence-electron chi connectivity index (χ2n) is 6.28. The zero-order chi connectivity index (χ0) is 20.7. The average Bonchev–Trinajstić information content (AvgIpc) is 2.68. The molecule has 0 spiro atoms. The maximum atomic E-state index is 12.2. The number of anilines is 3. The largest absolute Gasteiger partial charge is 0.465 e. The Morgan fingerprint density at radius 3 is 1.96 bits per heavy atom. The fourth-order valence-corrected chi connectivity index (χ4v) is 2.32. The quantitative estimate of drug-likeness (QED) is 0.593. The summed E-state index contributed by atoms with van der Waals surface area (Å²) in [4.78, 5) is 37.7. The molecule has 2 aromatic carbocycles. The van der Waals surface area contributed by atoms with Gasteiger partial charge in [0.25, 0.3) is 5.91 Å². The van der Waals surface area contributed by atoms with Gasteiger partial charge in [0.1, 0.15) is 0 Å². The summed E-state index contributed by atoms with van der Waals surface area (Å²) in [7, 11) is 5.16. The molecule has 0 fully saturated rings. The van der Waals surface area contributed by atoms with Gasteiger partial charge in [-0.15, -0.1) is 0 Å². The molecule has 0 aromatic heterocycles. The van der Waals surface area contributed by atoms with Crippen LogP contribution in [0.2, 0.25) is 0 Å². The molecule has 7 heteroatoms. The summed E-state index contributed by atoms with van der Waals surface area (Å²) >= 11 is 0. The maximum absolute atomic E-state index is 12.2. The minimum Gasteiger partial charge on any atom is -0.465 e. The molecule has 0 saturated carbocycles. The van der Waals surface area contributed by atoms with Gasteiger partial charge in [0.2, 0.25) is 5.91 Å². The van der Waals surface area contributed by atoms with Crippen molar-refractivity contribution in [1.29, 1.82) is 0 Å². The molecular weight excluding hydrogens is 358 g/mol. The zero-order valence-electron chi connectivity index (χ0n) is 16.3. The van der Waals surface area contributed by atoms with Crippen molar-refractivity contribution in [1.82, 2.24) is 0 Å². The summed E-state index contributed by atoms with van der Waals surface area (Å²) in [6.45, 7) is 1.55. The minimum absolute atomic E-state index is 0.249. The number of nitrogens with zero attached hydrogens (tertiary/aromatic N) is 1. The lowest BCUT2D eigenvalue weighted by atomic mass is 10.2. The van der Waals surface area contributed by atoms with Crippen molar-refractivity contribution in [2.75, 3.05) is 36.7 Å². The van der Waals surface area contributed by atoms with Gasteiger partial charge in [-0.3, -0.25) is 9.59 Å². The number of amides is 2. The Labute approximate surface area is 164 Å². The molecule has 7 nitrogen and oxygen atoms in total.